The summed E-state index contributed by atoms with van der Waals surface area (Å²) in [5, 5.41) is 11.4. The fourth-order valence-corrected chi connectivity index (χ4v) is 1.22. The van der Waals surface area contributed by atoms with Crippen LogP contribution in [-0.2, 0) is 14.3 Å². The van der Waals surface area contributed by atoms with E-state index in [0.29, 0.717) is 6.61 Å². The Balaban J connectivity index is 4.14. The predicted octanol–water partition coefficient (Wildman–Crippen LogP) is 1.03. The van der Waals surface area contributed by atoms with Crippen molar-refractivity contribution in [1.82, 2.24) is 5.32 Å². The summed E-state index contributed by atoms with van der Waals surface area (Å²) in [6.45, 7) is 4.36. The van der Waals surface area contributed by atoms with E-state index >= 15 is 0 Å². The zero-order valence-electron chi connectivity index (χ0n) is 10.2. The number of hydrogen-bond acceptors (Lipinski definition) is 3. The third-order valence-corrected chi connectivity index (χ3v) is 2.59. The Bertz CT molecular complexity index is 242. The van der Waals surface area contributed by atoms with Crippen LogP contribution in [0.2, 0.25) is 0 Å². The van der Waals surface area contributed by atoms with Crippen molar-refractivity contribution in [2.24, 2.45) is 5.41 Å². The maximum absolute atomic E-state index is 11.4. The van der Waals surface area contributed by atoms with Crippen LogP contribution in [0.1, 0.15) is 33.1 Å². The molecule has 0 rings (SSSR count). The zero-order valence-corrected chi connectivity index (χ0v) is 10.2. The van der Waals surface area contributed by atoms with Crippen LogP contribution in [0, 0.1) is 5.41 Å². The summed E-state index contributed by atoms with van der Waals surface area (Å²) < 4.78 is 5.27. The highest BCUT2D eigenvalue weighted by Crippen LogP contribution is 2.22. The number of unbranched alkanes of at least 4 members (excludes halogenated alkanes) is 1. The lowest BCUT2D eigenvalue weighted by atomic mass is 9.86. The van der Waals surface area contributed by atoms with Gasteiger partial charge in [0.25, 0.3) is 0 Å². The van der Waals surface area contributed by atoms with Gasteiger partial charge in [0.2, 0.25) is 5.91 Å². The van der Waals surface area contributed by atoms with Crippen molar-refractivity contribution >= 4 is 11.9 Å². The van der Waals surface area contributed by atoms with Gasteiger partial charge in [0.05, 0.1) is 0 Å². The van der Waals surface area contributed by atoms with Crippen LogP contribution in [0.5, 0.6) is 0 Å². The van der Waals surface area contributed by atoms with Gasteiger partial charge in [-0.25, -0.2) is 0 Å². The molecule has 1 unspecified atom stereocenters. The maximum Gasteiger partial charge on any atom is 0.319 e. The number of amides is 1. The van der Waals surface area contributed by atoms with E-state index in [1.807, 2.05) is 0 Å². The Labute approximate surface area is 96.2 Å². The molecule has 16 heavy (non-hydrogen) atoms. The maximum atomic E-state index is 11.4. The molecule has 0 aliphatic heterocycles. The number of carbonyl (C=O) groups excluding carboxylic acids is 1. The van der Waals surface area contributed by atoms with Gasteiger partial charge in [0.1, 0.15) is 5.41 Å². The van der Waals surface area contributed by atoms with Gasteiger partial charge >= 0.3 is 5.97 Å². The molecule has 0 saturated heterocycles. The Kier molecular flexibility index (Phi) is 6.72. The molecular weight excluding hydrogens is 210 g/mol. The Morgan fingerprint density at radius 2 is 2.00 bits per heavy atom. The van der Waals surface area contributed by atoms with E-state index in [-0.39, 0.29) is 13.0 Å². The molecule has 0 aromatic rings. The summed E-state index contributed by atoms with van der Waals surface area (Å²) >= 11 is 0. The summed E-state index contributed by atoms with van der Waals surface area (Å²) in [4.78, 5) is 22.5. The smallest absolute Gasteiger partial charge is 0.319 e. The van der Waals surface area contributed by atoms with Crippen molar-refractivity contribution in [3.8, 4) is 0 Å². The summed E-state index contributed by atoms with van der Waals surface area (Å²) in [6, 6.07) is 0. The van der Waals surface area contributed by atoms with Crippen LogP contribution in [0.4, 0.5) is 0 Å². The van der Waals surface area contributed by atoms with Crippen molar-refractivity contribution in [2.75, 3.05) is 20.3 Å². The molecule has 0 aromatic heterocycles. The second-order valence-corrected chi connectivity index (χ2v) is 3.93. The van der Waals surface area contributed by atoms with Gasteiger partial charge in [0.15, 0.2) is 0 Å². The second kappa shape index (κ2) is 7.22. The van der Waals surface area contributed by atoms with E-state index in [9.17, 15) is 9.59 Å². The first-order valence-electron chi connectivity index (χ1n) is 5.52. The Morgan fingerprint density at radius 1 is 1.38 bits per heavy atom. The molecule has 0 radical (unpaired) electrons. The highest BCUT2D eigenvalue weighted by Gasteiger charge is 2.40. The topological polar surface area (TPSA) is 75.6 Å². The molecule has 0 spiro atoms. The summed E-state index contributed by atoms with van der Waals surface area (Å²) in [5.41, 5.74) is -1.40. The number of ether oxygens (including phenoxy) is 1. The molecule has 0 saturated carbocycles. The summed E-state index contributed by atoms with van der Waals surface area (Å²) in [7, 11) is 1.43. The van der Waals surface area contributed by atoms with Gasteiger partial charge < -0.3 is 15.2 Å². The molecule has 0 aliphatic rings. The molecule has 0 fully saturated rings. The van der Waals surface area contributed by atoms with Gasteiger partial charge in [-0.3, -0.25) is 9.59 Å². The minimum atomic E-state index is -1.40. The highest BCUT2D eigenvalue weighted by atomic mass is 16.5. The Morgan fingerprint density at radius 3 is 2.44 bits per heavy atom. The molecule has 0 heterocycles. The lowest BCUT2D eigenvalue weighted by Crippen LogP contribution is -2.43. The quantitative estimate of drug-likeness (QED) is 0.483. The van der Waals surface area contributed by atoms with Crippen molar-refractivity contribution in [2.45, 2.75) is 33.1 Å². The number of carbonyl (C=O) groups is 2. The summed E-state index contributed by atoms with van der Waals surface area (Å²) in [5.74, 6) is -1.61. The van der Waals surface area contributed by atoms with E-state index in [0.717, 1.165) is 12.8 Å². The van der Waals surface area contributed by atoms with Crippen LogP contribution in [-0.4, -0.2) is 37.2 Å². The standard InChI is InChI=1S/C11H21NO4/c1-4-5-7-16-8-6-11(2,10(14)15)9(13)12-3/h4-8H2,1-3H3,(H,12,13)(H,14,15). The fraction of sp³-hybridized carbons (Fsp3) is 0.818. The number of carboxylic acids is 1. The van der Waals surface area contributed by atoms with Gasteiger partial charge in [-0.05, 0) is 19.8 Å². The predicted molar refractivity (Wildman–Crippen MR) is 60.2 cm³/mol. The van der Waals surface area contributed by atoms with Crippen molar-refractivity contribution in [3.63, 3.8) is 0 Å². The van der Waals surface area contributed by atoms with Crippen LogP contribution < -0.4 is 5.32 Å². The molecule has 2 N–H and O–H groups in total. The van der Waals surface area contributed by atoms with E-state index in [4.69, 9.17) is 9.84 Å². The lowest BCUT2D eigenvalue weighted by Gasteiger charge is -2.22. The lowest BCUT2D eigenvalue weighted by molar-refractivity contribution is -0.155. The number of hydrogen-bond donors (Lipinski definition) is 2. The van der Waals surface area contributed by atoms with Crippen LogP contribution in [0.25, 0.3) is 0 Å². The molecule has 94 valence electrons. The zero-order chi connectivity index (χ0) is 12.6. The first-order chi connectivity index (χ1) is 7.49. The van der Waals surface area contributed by atoms with E-state index < -0.39 is 17.3 Å². The van der Waals surface area contributed by atoms with Crippen molar-refractivity contribution in [1.29, 1.82) is 0 Å². The van der Waals surface area contributed by atoms with E-state index in [2.05, 4.69) is 12.2 Å². The molecular formula is C11H21NO4. The monoisotopic (exact) mass is 231 g/mol. The molecule has 5 nitrogen and oxygen atoms in total. The summed E-state index contributed by atoms with van der Waals surface area (Å²) in [6.07, 6.45) is 2.17. The van der Waals surface area contributed by atoms with Crippen molar-refractivity contribution in [3.05, 3.63) is 0 Å². The average molecular weight is 231 g/mol. The molecule has 1 atom stereocenters. The van der Waals surface area contributed by atoms with Crippen LogP contribution in [0.3, 0.4) is 0 Å². The van der Waals surface area contributed by atoms with Gasteiger partial charge in [0, 0.05) is 20.3 Å². The minimum absolute atomic E-state index is 0.186. The largest absolute Gasteiger partial charge is 0.480 e. The van der Waals surface area contributed by atoms with Crippen molar-refractivity contribution < 1.29 is 19.4 Å². The van der Waals surface area contributed by atoms with Gasteiger partial charge in [-0.1, -0.05) is 13.3 Å². The highest BCUT2D eigenvalue weighted by molar-refractivity contribution is 6.01. The van der Waals surface area contributed by atoms with E-state index in [1.54, 1.807) is 0 Å². The number of aliphatic carboxylic acids is 1. The molecule has 0 bridgehead atoms. The first kappa shape index (κ1) is 14.9. The molecule has 0 aliphatic carbocycles. The SMILES string of the molecule is CCCCOCCC(C)(C(=O)O)C(=O)NC. The minimum Gasteiger partial charge on any atom is -0.480 e. The fourth-order valence-electron chi connectivity index (χ4n) is 1.22. The number of rotatable bonds is 8. The normalized spacial score (nSPS) is 14.2. The second-order valence-electron chi connectivity index (χ2n) is 3.93. The number of nitrogens with one attached hydrogen (secondary N) is 1. The van der Waals surface area contributed by atoms with Crippen LogP contribution >= 0.6 is 0 Å². The van der Waals surface area contributed by atoms with E-state index in [1.165, 1.54) is 14.0 Å². The van der Waals surface area contributed by atoms with Crippen LogP contribution in [0.15, 0.2) is 0 Å². The molecule has 5 heteroatoms. The third kappa shape index (κ3) is 4.18. The first-order valence-corrected chi connectivity index (χ1v) is 5.52. The van der Waals surface area contributed by atoms with Gasteiger partial charge in [-0.2, -0.15) is 0 Å². The third-order valence-electron chi connectivity index (χ3n) is 2.59. The average Bonchev–Trinajstić information content (AvgIpc) is 2.27. The molecule has 1 amide bonds. The Hall–Kier alpha value is -1.10. The number of carboxylic acid groups (broad SMARTS) is 1. The molecule has 0 aromatic carbocycles. The van der Waals surface area contributed by atoms with Gasteiger partial charge in [-0.15, -0.1) is 0 Å².